The van der Waals surface area contributed by atoms with Crippen LogP contribution in [0.3, 0.4) is 0 Å². The third-order valence-electron chi connectivity index (χ3n) is 4.43. The van der Waals surface area contributed by atoms with E-state index in [1.807, 2.05) is 12.1 Å². The van der Waals surface area contributed by atoms with Crippen LogP contribution in [-0.2, 0) is 11.2 Å². The first-order valence-electron chi connectivity index (χ1n) is 7.71. The average Bonchev–Trinajstić information content (AvgIpc) is 2.47. The van der Waals surface area contributed by atoms with Crippen molar-refractivity contribution in [2.45, 2.75) is 38.6 Å². The number of hydrogen-bond donors (Lipinski definition) is 1. The Bertz CT molecular complexity index is 384. The molecule has 0 radical (unpaired) electrons. The Hall–Kier alpha value is -1.06. The van der Waals surface area contributed by atoms with E-state index in [4.69, 9.17) is 4.74 Å². The van der Waals surface area contributed by atoms with Crippen molar-refractivity contribution in [3.8, 4) is 5.75 Å². The fraction of sp³-hybridized carbons (Fsp3) is 0.647. The summed E-state index contributed by atoms with van der Waals surface area (Å²) in [6, 6.07) is 8.16. The first-order chi connectivity index (χ1) is 9.65. The molecule has 1 aromatic rings. The number of ether oxygens (including phenoxy) is 1. The van der Waals surface area contributed by atoms with E-state index in [9.17, 15) is 5.11 Å². The van der Waals surface area contributed by atoms with Gasteiger partial charge in [0.25, 0.3) is 0 Å². The number of rotatable bonds is 6. The minimum Gasteiger partial charge on any atom is -0.508 e. The number of benzene rings is 1. The largest absolute Gasteiger partial charge is 0.508 e. The number of phenolic OH excluding ortho intramolecular Hbond substituents is 1. The molecule has 0 saturated carbocycles. The zero-order valence-corrected chi connectivity index (χ0v) is 12.7. The number of aryl methyl sites for hydroxylation is 1. The fourth-order valence-electron chi connectivity index (χ4n) is 2.77. The Balaban J connectivity index is 1.72. The topological polar surface area (TPSA) is 32.7 Å². The summed E-state index contributed by atoms with van der Waals surface area (Å²) < 4.78 is 5.42. The van der Waals surface area contributed by atoms with Gasteiger partial charge < -0.3 is 14.7 Å². The van der Waals surface area contributed by atoms with E-state index >= 15 is 0 Å². The molecule has 0 aliphatic carbocycles. The maximum absolute atomic E-state index is 9.29. The van der Waals surface area contributed by atoms with Crippen molar-refractivity contribution in [3.05, 3.63) is 29.8 Å². The Morgan fingerprint density at radius 1 is 1.25 bits per heavy atom. The highest BCUT2D eigenvalue weighted by atomic mass is 16.5. The maximum Gasteiger partial charge on any atom is 0.115 e. The quantitative estimate of drug-likeness (QED) is 0.867. The lowest BCUT2D eigenvalue weighted by atomic mass is 9.98. The van der Waals surface area contributed by atoms with Gasteiger partial charge in [0, 0.05) is 25.8 Å². The second-order valence-corrected chi connectivity index (χ2v) is 6.05. The molecule has 1 aliphatic heterocycles. The highest BCUT2D eigenvalue weighted by Crippen LogP contribution is 2.18. The standard InChI is InChI=1S/C17H27NO2/c1-14(3-4-15-5-7-17(19)8-6-15)18(2)13-16-9-11-20-12-10-16/h5-8,14,16,19H,3-4,9-13H2,1-2H3. The summed E-state index contributed by atoms with van der Waals surface area (Å²) in [4.78, 5) is 2.48. The van der Waals surface area contributed by atoms with Crippen LogP contribution in [0, 0.1) is 5.92 Å². The minimum absolute atomic E-state index is 0.346. The van der Waals surface area contributed by atoms with Crippen molar-refractivity contribution in [2.24, 2.45) is 5.92 Å². The first kappa shape index (κ1) is 15.3. The van der Waals surface area contributed by atoms with Crippen LogP contribution in [-0.4, -0.2) is 42.9 Å². The molecule has 1 fully saturated rings. The van der Waals surface area contributed by atoms with Gasteiger partial charge >= 0.3 is 0 Å². The summed E-state index contributed by atoms with van der Waals surface area (Å²) in [7, 11) is 2.23. The van der Waals surface area contributed by atoms with Crippen molar-refractivity contribution in [3.63, 3.8) is 0 Å². The van der Waals surface area contributed by atoms with Crippen LogP contribution in [0.25, 0.3) is 0 Å². The molecule has 0 amide bonds. The molecule has 1 aliphatic rings. The van der Waals surface area contributed by atoms with E-state index < -0.39 is 0 Å². The molecule has 20 heavy (non-hydrogen) atoms. The van der Waals surface area contributed by atoms with E-state index in [0.717, 1.165) is 32.0 Å². The third kappa shape index (κ3) is 4.80. The first-order valence-corrected chi connectivity index (χ1v) is 7.71. The minimum atomic E-state index is 0.346. The Morgan fingerprint density at radius 2 is 1.90 bits per heavy atom. The molecule has 1 heterocycles. The molecule has 3 heteroatoms. The lowest BCUT2D eigenvalue weighted by Gasteiger charge is -2.31. The van der Waals surface area contributed by atoms with Crippen LogP contribution in [0.5, 0.6) is 5.75 Å². The van der Waals surface area contributed by atoms with Gasteiger partial charge in [0.15, 0.2) is 0 Å². The van der Waals surface area contributed by atoms with Crippen LogP contribution < -0.4 is 0 Å². The molecule has 0 bridgehead atoms. The highest BCUT2D eigenvalue weighted by Gasteiger charge is 2.18. The van der Waals surface area contributed by atoms with E-state index in [0.29, 0.717) is 11.8 Å². The van der Waals surface area contributed by atoms with Crippen LogP contribution in [0.4, 0.5) is 0 Å². The van der Waals surface area contributed by atoms with E-state index in [1.54, 1.807) is 12.1 Å². The Morgan fingerprint density at radius 3 is 2.55 bits per heavy atom. The van der Waals surface area contributed by atoms with Gasteiger partial charge in [-0.25, -0.2) is 0 Å². The van der Waals surface area contributed by atoms with Gasteiger partial charge in [0.05, 0.1) is 0 Å². The monoisotopic (exact) mass is 277 g/mol. The number of phenols is 1. The number of nitrogens with zero attached hydrogens (tertiary/aromatic N) is 1. The van der Waals surface area contributed by atoms with E-state index in [2.05, 4.69) is 18.9 Å². The van der Waals surface area contributed by atoms with Crippen molar-refractivity contribution >= 4 is 0 Å². The average molecular weight is 277 g/mol. The Kier molecular flexibility index (Phi) is 5.86. The van der Waals surface area contributed by atoms with E-state index in [1.165, 1.54) is 24.9 Å². The number of aromatic hydroxyl groups is 1. The zero-order chi connectivity index (χ0) is 14.4. The van der Waals surface area contributed by atoms with Crippen LogP contribution >= 0.6 is 0 Å². The van der Waals surface area contributed by atoms with Crippen LogP contribution in [0.2, 0.25) is 0 Å². The van der Waals surface area contributed by atoms with Gasteiger partial charge in [-0.2, -0.15) is 0 Å². The van der Waals surface area contributed by atoms with Crippen molar-refractivity contribution in [1.29, 1.82) is 0 Å². The second-order valence-electron chi connectivity index (χ2n) is 6.05. The predicted molar refractivity (Wildman–Crippen MR) is 82.1 cm³/mol. The summed E-state index contributed by atoms with van der Waals surface area (Å²) >= 11 is 0. The van der Waals surface area contributed by atoms with Gasteiger partial charge in [-0.1, -0.05) is 12.1 Å². The molecule has 1 saturated heterocycles. The molecule has 3 nitrogen and oxygen atoms in total. The molecule has 1 unspecified atom stereocenters. The normalized spacial score (nSPS) is 18.4. The lowest BCUT2D eigenvalue weighted by molar-refractivity contribution is 0.0509. The van der Waals surface area contributed by atoms with Crippen LogP contribution in [0.15, 0.2) is 24.3 Å². The van der Waals surface area contributed by atoms with Gasteiger partial charge in [-0.05, 0) is 63.3 Å². The molecule has 1 aromatic carbocycles. The number of hydrogen-bond acceptors (Lipinski definition) is 3. The highest BCUT2D eigenvalue weighted by molar-refractivity contribution is 5.25. The molecule has 0 spiro atoms. The molecular formula is C17H27NO2. The fourth-order valence-corrected chi connectivity index (χ4v) is 2.77. The smallest absolute Gasteiger partial charge is 0.115 e. The third-order valence-corrected chi connectivity index (χ3v) is 4.43. The molecule has 112 valence electrons. The maximum atomic E-state index is 9.29. The van der Waals surface area contributed by atoms with Crippen molar-refractivity contribution < 1.29 is 9.84 Å². The van der Waals surface area contributed by atoms with Gasteiger partial charge in [0.1, 0.15) is 5.75 Å². The van der Waals surface area contributed by atoms with Crippen molar-refractivity contribution in [1.82, 2.24) is 4.90 Å². The SMILES string of the molecule is CC(CCc1ccc(O)cc1)N(C)CC1CCOCC1. The van der Waals surface area contributed by atoms with Gasteiger partial charge in [-0.15, -0.1) is 0 Å². The zero-order valence-electron chi connectivity index (χ0n) is 12.7. The summed E-state index contributed by atoms with van der Waals surface area (Å²) in [5.41, 5.74) is 1.30. The van der Waals surface area contributed by atoms with Gasteiger partial charge in [0.2, 0.25) is 0 Å². The summed E-state index contributed by atoms with van der Waals surface area (Å²) in [5.74, 6) is 1.14. The molecule has 2 rings (SSSR count). The summed E-state index contributed by atoms with van der Waals surface area (Å²) in [6.45, 7) is 5.35. The van der Waals surface area contributed by atoms with Crippen LogP contribution in [0.1, 0.15) is 31.7 Å². The molecular weight excluding hydrogens is 250 g/mol. The Labute approximate surface area is 122 Å². The summed E-state index contributed by atoms with van der Waals surface area (Å²) in [5, 5.41) is 9.29. The predicted octanol–water partition coefficient (Wildman–Crippen LogP) is 3.07. The lowest BCUT2D eigenvalue weighted by Crippen LogP contribution is -2.35. The van der Waals surface area contributed by atoms with E-state index in [-0.39, 0.29) is 0 Å². The van der Waals surface area contributed by atoms with Gasteiger partial charge in [-0.3, -0.25) is 0 Å². The van der Waals surface area contributed by atoms with Crippen molar-refractivity contribution in [2.75, 3.05) is 26.8 Å². The molecule has 1 N–H and O–H groups in total. The molecule has 1 atom stereocenters. The molecule has 0 aromatic heterocycles. The second kappa shape index (κ2) is 7.65. The summed E-state index contributed by atoms with van der Waals surface area (Å²) in [6.07, 6.45) is 4.63.